The molecular formula is C15H13N5O4. The molecule has 0 fully saturated rings. The Morgan fingerprint density at radius 3 is 2.58 bits per heavy atom. The molecule has 0 aliphatic carbocycles. The third-order valence-corrected chi connectivity index (χ3v) is 2.85. The second-order valence-electron chi connectivity index (χ2n) is 4.44. The number of azide groups is 1. The Kier molecular flexibility index (Phi) is 5.71. The van der Waals surface area contributed by atoms with Crippen LogP contribution in [0.5, 0.6) is 5.88 Å². The number of aromatic nitrogens is 1. The number of methoxy groups -OCH3 is 1. The highest BCUT2D eigenvalue weighted by Crippen LogP contribution is 2.16. The molecule has 0 radical (unpaired) electrons. The van der Waals surface area contributed by atoms with E-state index < -0.39 is 5.97 Å². The van der Waals surface area contributed by atoms with Crippen LogP contribution < -0.4 is 10.1 Å². The highest BCUT2D eigenvalue weighted by molar-refractivity contribution is 6.04. The van der Waals surface area contributed by atoms with Crippen molar-refractivity contribution in [1.29, 1.82) is 0 Å². The smallest absolute Gasteiger partial charge is 0.343 e. The zero-order valence-corrected chi connectivity index (χ0v) is 12.7. The number of anilines is 1. The van der Waals surface area contributed by atoms with Gasteiger partial charge in [-0.3, -0.25) is 4.79 Å². The van der Waals surface area contributed by atoms with Crippen LogP contribution in [0.2, 0.25) is 0 Å². The fourth-order valence-corrected chi connectivity index (χ4v) is 1.67. The molecule has 1 aromatic heterocycles. The van der Waals surface area contributed by atoms with Gasteiger partial charge in [0.15, 0.2) is 6.61 Å². The predicted octanol–water partition coefficient (Wildman–Crippen LogP) is 2.83. The molecule has 0 atom stereocenters. The van der Waals surface area contributed by atoms with Gasteiger partial charge >= 0.3 is 5.97 Å². The number of amides is 1. The molecule has 0 saturated heterocycles. The number of hydrogen-bond donors (Lipinski definition) is 1. The molecule has 0 aliphatic rings. The topological polar surface area (TPSA) is 126 Å². The van der Waals surface area contributed by atoms with Gasteiger partial charge in [-0.15, -0.1) is 0 Å². The fraction of sp³-hybridized carbons (Fsp3) is 0.133. The minimum atomic E-state index is -0.515. The Morgan fingerprint density at radius 2 is 2.00 bits per heavy atom. The molecule has 2 aromatic rings. The van der Waals surface area contributed by atoms with Gasteiger partial charge in [-0.05, 0) is 23.7 Å². The average molecular weight is 327 g/mol. The summed E-state index contributed by atoms with van der Waals surface area (Å²) in [6.45, 7) is -0.243. The van der Waals surface area contributed by atoms with Gasteiger partial charge in [-0.25, -0.2) is 9.78 Å². The van der Waals surface area contributed by atoms with Gasteiger partial charge in [0.1, 0.15) is 0 Å². The SMILES string of the molecule is COC(=O)COc1ccc(NC(=O)c2ccc(N=[N+]=[N-])cc2)cn1. The first-order valence-corrected chi connectivity index (χ1v) is 6.74. The summed E-state index contributed by atoms with van der Waals surface area (Å²) in [6.07, 6.45) is 1.40. The van der Waals surface area contributed by atoms with E-state index in [2.05, 4.69) is 25.1 Å². The molecule has 1 aromatic carbocycles. The van der Waals surface area contributed by atoms with Gasteiger partial charge in [0.2, 0.25) is 5.88 Å². The van der Waals surface area contributed by atoms with Gasteiger partial charge in [-0.1, -0.05) is 17.2 Å². The van der Waals surface area contributed by atoms with Crippen molar-refractivity contribution in [3.63, 3.8) is 0 Å². The molecular weight excluding hydrogens is 314 g/mol. The van der Waals surface area contributed by atoms with Crippen LogP contribution in [-0.2, 0) is 9.53 Å². The number of nitrogens with one attached hydrogen (secondary N) is 1. The molecule has 2 rings (SSSR count). The van der Waals surface area contributed by atoms with E-state index in [0.29, 0.717) is 16.9 Å². The van der Waals surface area contributed by atoms with Gasteiger partial charge in [0.05, 0.1) is 19.0 Å². The lowest BCUT2D eigenvalue weighted by atomic mass is 10.2. The maximum absolute atomic E-state index is 12.1. The van der Waals surface area contributed by atoms with Gasteiger partial charge in [-0.2, -0.15) is 0 Å². The van der Waals surface area contributed by atoms with Crippen molar-refractivity contribution in [2.75, 3.05) is 19.0 Å². The molecule has 0 aliphatic heterocycles. The quantitative estimate of drug-likeness (QED) is 0.378. The average Bonchev–Trinajstić information content (AvgIpc) is 2.61. The number of ether oxygens (including phenoxy) is 2. The maximum atomic E-state index is 12.1. The number of esters is 1. The molecule has 0 spiro atoms. The van der Waals surface area contributed by atoms with Gasteiger partial charge < -0.3 is 14.8 Å². The number of benzene rings is 1. The molecule has 1 heterocycles. The maximum Gasteiger partial charge on any atom is 0.343 e. The molecule has 1 N–H and O–H groups in total. The summed E-state index contributed by atoms with van der Waals surface area (Å²) in [7, 11) is 1.26. The number of nitrogens with zero attached hydrogens (tertiary/aromatic N) is 4. The standard InChI is InChI=1S/C15H13N5O4/c1-23-14(21)9-24-13-7-6-12(8-17-13)18-15(22)10-2-4-11(5-3-10)19-20-16/h2-8H,9H2,1H3,(H,18,22). The Bertz CT molecular complexity index is 767. The first-order chi connectivity index (χ1) is 11.6. The lowest BCUT2D eigenvalue weighted by Gasteiger charge is -2.07. The number of rotatable bonds is 6. The Balaban J connectivity index is 1.96. The molecule has 9 nitrogen and oxygen atoms in total. The molecule has 122 valence electrons. The number of hydrogen-bond acceptors (Lipinski definition) is 6. The second-order valence-corrected chi connectivity index (χ2v) is 4.44. The predicted molar refractivity (Wildman–Crippen MR) is 84.9 cm³/mol. The zero-order chi connectivity index (χ0) is 17.4. The number of carbonyl (C=O) groups is 2. The van der Waals surface area contributed by atoms with Crippen LogP contribution in [-0.4, -0.2) is 30.6 Å². The number of carbonyl (C=O) groups excluding carboxylic acids is 2. The molecule has 9 heteroatoms. The van der Waals surface area contributed by atoms with Crippen molar-refractivity contribution < 1.29 is 19.1 Å². The Labute approximate surface area is 136 Å². The molecule has 0 saturated carbocycles. The number of pyridine rings is 1. The zero-order valence-electron chi connectivity index (χ0n) is 12.7. The lowest BCUT2D eigenvalue weighted by Crippen LogP contribution is -2.14. The summed E-state index contributed by atoms with van der Waals surface area (Å²) in [6, 6.07) is 9.27. The van der Waals surface area contributed by atoms with Crippen LogP contribution in [0.1, 0.15) is 10.4 Å². The van der Waals surface area contributed by atoms with Crippen molar-refractivity contribution in [3.05, 3.63) is 58.6 Å². The van der Waals surface area contributed by atoms with Crippen LogP contribution in [0.4, 0.5) is 11.4 Å². The van der Waals surface area contributed by atoms with E-state index in [0.717, 1.165) is 0 Å². The van der Waals surface area contributed by atoms with Crippen LogP contribution in [0.3, 0.4) is 0 Å². The van der Waals surface area contributed by atoms with Crippen LogP contribution in [0.15, 0.2) is 47.7 Å². The summed E-state index contributed by atoms with van der Waals surface area (Å²) < 4.78 is 9.55. The first-order valence-electron chi connectivity index (χ1n) is 6.74. The van der Waals surface area contributed by atoms with Crippen LogP contribution in [0, 0.1) is 0 Å². The van der Waals surface area contributed by atoms with Crippen molar-refractivity contribution in [2.45, 2.75) is 0 Å². The summed E-state index contributed by atoms with van der Waals surface area (Å²) >= 11 is 0. The normalized spacial score (nSPS) is 9.54. The van der Waals surface area contributed by atoms with E-state index in [9.17, 15) is 9.59 Å². The minimum absolute atomic E-state index is 0.233. The van der Waals surface area contributed by atoms with Crippen molar-refractivity contribution in [1.82, 2.24) is 4.98 Å². The Hall–Kier alpha value is -3.58. The van der Waals surface area contributed by atoms with E-state index in [1.54, 1.807) is 18.2 Å². The van der Waals surface area contributed by atoms with E-state index in [-0.39, 0.29) is 18.4 Å². The van der Waals surface area contributed by atoms with E-state index in [1.807, 2.05) is 0 Å². The third kappa shape index (κ3) is 4.72. The second kappa shape index (κ2) is 8.16. The van der Waals surface area contributed by atoms with E-state index in [4.69, 9.17) is 10.3 Å². The van der Waals surface area contributed by atoms with E-state index >= 15 is 0 Å². The summed E-state index contributed by atoms with van der Waals surface area (Å²) in [5, 5.41) is 6.09. The van der Waals surface area contributed by atoms with Crippen LogP contribution in [0.25, 0.3) is 10.4 Å². The summed E-state index contributed by atoms with van der Waals surface area (Å²) in [4.78, 5) is 29.7. The minimum Gasteiger partial charge on any atom is -0.466 e. The molecule has 24 heavy (non-hydrogen) atoms. The van der Waals surface area contributed by atoms with Crippen molar-refractivity contribution in [2.24, 2.45) is 5.11 Å². The highest BCUT2D eigenvalue weighted by atomic mass is 16.6. The van der Waals surface area contributed by atoms with Crippen LogP contribution >= 0.6 is 0 Å². The van der Waals surface area contributed by atoms with E-state index in [1.165, 1.54) is 31.5 Å². The first kappa shape index (κ1) is 16.8. The molecule has 0 unspecified atom stereocenters. The monoisotopic (exact) mass is 327 g/mol. The molecule has 0 bridgehead atoms. The molecule has 1 amide bonds. The highest BCUT2D eigenvalue weighted by Gasteiger charge is 2.07. The third-order valence-electron chi connectivity index (χ3n) is 2.85. The Morgan fingerprint density at radius 1 is 1.25 bits per heavy atom. The summed E-state index contributed by atoms with van der Waals surface area (Å²) in [5.41, 5.74) is 9.62. The fourth-order valence-electron chi connectivity index (χ4n) is 1.67. The van der Waals surface area contributed by atoms with Crippen molar-refractivity contribution in [3.8, 4) is 5.88 Å². The largest absolute Gasteiger partial charge is 0.466 e. The lowest BCUT2D eigenvalue weighted by molar-refractivity contribution is -0.143. The summed E-state index contributed by atoms with van der Waals surface area (Å²) in [5.74, 6) is -0.622. The van der Waals surface area contributed by atoms with Gasteiger partial charge in [0, 0.05) is 22.2 Å². The van der Waals surface area contributed by atoms with Gasteiger partial charge in [0.25, 0.3) is 5.91 Å². The van der Waals surface area contributed by atoms with Crippen molar-refractivity contribution >= 4 is 23.3 Å².